The smallest absolute Gasteiger partial charge is 0.140 e. The minimum atomic E-state index is 0.303. The normalized spacial score (nSPS) is 10.7. The van der Waals surface area contributed by atoms with Gasteiger partial charge in [-0.2, -0.15) is 10.4 Å². The van der Waals surface area contributed by atoms with E-state index in [4.69, 9.17) is 11.0 Å². The molecule has 0 aliphatic carbocycles. The lowest BCUT2D eigenvalue weighted by molar-refractivity contribution is 0.431. The maximum Gasteiger partial charge on any atom is 0.140 e. The highest BCUT2D eigenvalue weighted by atomic mass is 15.3. The van der Waals surface area contributed by atoms with Crippen molar-refractivity contribution in [3.05, 3.63) is 11.3 Å². The van der Waals surface area contributed by atoms with Crippen LogP contribution in [0.15, 0.2) is 0 Å². The van der Waals surface area contributed by atoms with Crippen LogP contribution in [-0.2, 0) is 6.42 Å². The summed E-state index contributed by atoms with van der Waals surface area (Å²) in [6, 6.07) is 2.47. The van der Waals surface area contributed by atoms with E-state index in [-0.39, 0.29) is 0 Å². The van der Waals surface area contributed by atoms with Crippen molar-refractivity contribution < 1.29 is 0 Å². The lowest BCUT2D eigenvalue weighted by Crippen LogP contribution is -2.12. The first-order valence-electron chi connectivity index (χ1n) is 5.96. The van der Waals surface area contributed by atoms with Gasteiger partial charge in [-0.15, -0.1) is 0 Å². The van der Waals surface area contributed by atoms with Crippen molar-refractivity contribution in [2.24, 2.45) is 0 Å². The SMILES string of the molecule is CCCc1nn(C(CC)CC)c(N)c1C#N. The fraction of sp³-hybridized carbons (Fsp3) is 0.667. The number of nitrogen functional groups attached to an aromatic ring is 1. The molecule has 1 heterocycles. The van der Waals surface area contributed by atoms with E-state index in [0.29, 0.717) is 17.4 Å². The fourth-order valence-corrected chi connectivity index (χ4v) is 1.94. The summed E-state index contributed by atoms with van der Waals surface area (Å²) < 4.78 is 1.82. The summed E-state index contributed by atoms with van der Waals surface area (Å²) in [5.74, 6) is 0.527. The Hall–Kier alpha value is -1.50. The Bertz CT molecular complexity index is 382. The topological polar surface area (TPSA) is 67.6 Å². The highest BCUT2D eigenvalue weighted by Gasteiger charge is 2.18. The van der Waals surface area contributed by atoms with Crippen LogP contribution >= 0.6 is 0 Å². The summed E-state index contributed by atoms with van der Waals surface area (Å²) >= 11 is 0. The summed E-state index contributed by atoms with van der Waals surface area (Å²) in [4.78, 5) is 0. The average Bonchev–Trinajstić information content (AvgIpc) is 2.58. The molecule has 0 saturated heterocycles. The maximum atomic E-state index is 9.08. The van der Waals surface area contributed by atoms with Gasteiger partial charge in [0.05, 0.1) is 11.7 Å². The van der Waals surface area contributed by atoms with E-state index in [1.807, 2.05) is 4.68 Å². The third kappa shape index (κ3) is 2.19. The van der Waals surface area contributed by atoms with Gasteiger partial charge in [-0.1, -0.05) is 27.2 Å². The Morgan fingerprint density at radius 2 is 2.00 bits per heavy atom. The Balaban J connectivity index is 3.17. The van der Waals surface area contributed by atoms with E-state index < -0.39 is 0 Å². The molecule has 2 N–H and O–H groups in total. The molecule has 0 aliphatic rings. The van der Waals surface area contributed by atoms with Crippen LogP contribution in [0.5, 0.6) is 0 Å². The zero-order valence-corrected chi connectivity index (χ0v) is 10.3. The molecule has 0 aliphatic heterocycles. The number of hydrogen-bond donors (Lipinski definition) is 1. The Morgan fingerprint density at radius 1 is 1.38 bits per heavy atom. The molecule has 1 aromatic heterocycles. The summed E-state index contributed by atoms with van der Waals surface area (Å²) in [5, 5.41) is 13.6. The van der Waals surface area contributed by atoms with E-state index in [9.17, 15) is 0 Å². The first-order chi connectivity index (χ1) is 7.69. The first kappa shape index (κ1) is 12.6. The summed E-state index contributed by atoms with van der Waals surface area (Å²) in [6.07, 6.45) is 3.77. The van der Waals surface area contributed by atoms with Crippen LogP contribution in [-0.4, -0.2) is 9.78 Å². The fourth-order valence-electron chi connectivity index (χ4n) is 1.94. The van der Waals surface area contributed by atoms with Crippen molar-refractivity contribution in [2.45, 2.75) is 52.5 Å². The van der Waals surface area contributed by atoms with Crippen molar-refractivity contribution in [3.63, 3.8) is 0 Å². The van der Waals surface area contributed by atoms with Crippen LogP contribution in [0.25, 0.3) is 0 Å². The molecule has 0 fully saturated rings. The van der Waals surface area contributed by atoms with E-state index >= 15 is 0 Å². The van der Waals surface area contributed by atoms with Gasteiger partial charge >= 0.3 is 0 Å². The van der Waals surface area contributed by atoms with Crippen LogP contribution in [0.3, 0.4) is 0 Å². The Morgan fingerprint density at radius 3 is 2.44 bits per heavy atom. The average molecular weight is 220 g/mol. The molecule has 1 aromatic rings. The van der Waals surface area contributed by atoms with E-state index in [0.717, 1.165) is 31.4 Å². The molecule has 88 valence electrons. The van der Waals surface area contributed by atoms with Gasteiger partial charge in [-0.05, 0) is 19.3 Å². The van der Waals surface area contributed by atoms with Gasteiger partial charge < -0.3 is 5.73 Å². The molecule has 0 amide bonds. The largest absolute Gasteiger partial charge is 0.383 e. The number of nitrogens with two attached hydrogens (primary N) is 1. The van der Waals surface area contributed by atoms with Crippen LogP contribution in [0.1, 0.15) is 57.3 Å². The van der Waals surface area contributed by atoms with Crippen LogP contribution in [0.2, 0.25) is 0 Å². The number of nitrogens with zero attached hydrogens (tertiary/aromatic N) is 3. The molecular weight excluding hydrogens is 200 g/mol. The lowest BCUT2D eigenvalue weighted by Gasteiger charge is -2.14. The van der Waals surface area contributed by atoms with Gasteiger partial charge in [0.1, 0.15) is 17.5 Å². The third-order valence-electron chi connectivity index (χ3n) is 2.91. The second-order valence-electron chi connectivity index (χ2n) is 3.98. The van der Waals surface area contributed by atoms with Gasteiger partial charge in [0, 0.05) is 0 Å². The molecule has 16 heavy (non-hydrogen) atoms. The highest BCUT2D eigenvalue weighted by molar-refractivity contribution is 5.52. The van der Waals surface area contributed by atoms with Gasteiger partial charge in [0.15, 0.2) is 0 Å². The van der Waals surface area contributed by atoms with Crippen molar-refractivity contribution >= 4 is 5.82 Å². The van der Waals surface area contributed by atoms with E-state index in [1.165, 1.54) is 0 Å². The highest BCUT2D eigenvalue weighted by Crippen LogP contribution is 2.24. The lowest BCUT2D eigenvalue weighted by atomic mass is 10.1. The molecule has 1 rings (SSSR count). The standard InChI is InChI=1S/C12H20N4/c1-4-7-11-10(8-13)12(14)16(15-11)9(5-2)6-3/h9H,4-7,14H2,1-3H3. The second kappa shape index (κ2) is 5.55. The molecule has 0 atom stereocenters. The molecule has 4 heteroatoms. The predicted octanol–water partition coefficient (Wildman–Crippen LogP) is 2.65. The molecule has 0 spiro atoms. The summed E-state index contributed by atoms with van der Waals surface area (Å²) in [7, 11) is 0. The van der Waals surface area contributed by atoms with Crippen LogP contribution in [0, 0.1) is 11.3 Å². The molecule has 4 nitrogen and oxygen atoms in total. The van der Waals surface area contributed by atoms with Crippen molar-refractivity contribution in [3.8, 4) is 6.07 Å². The number of hydrogen-bond acceptors (Lipinski definition) is 3. The number of aromatic nitrogens is 2. The Kier molecular flexibility index (Phi) is 4.36. The zero-order chi connectivity index (χ0) is 12.1. The second-order valence-corrected chi connectivity index (χ2v) is 3.98. The van der Waals surface area contributed by atoms with Gasteiger partial charge in [0.2, 0.25) is 0 Å². The molecule has 0 aromatic carbocycles. The minimum absolute atomic E-state index is 0.303. The van der Waals surface area contributed by atoms with Crippen LogP contribution in [0.4, 0.5) is 5.82 Å². The monoisotopic (exact) mass is 220 g/mol. The maximum absolute atomic E-state index is 9.08. The van der Waals surface area contributed by atoms with Gasteiger partial charge in [0.25, 0.3) is 0 Å². The quantitative estimate of drug-likeness (QED) is 0.829. The molecule has 0 saturated carbocycles. The van der Waals surface area contributed by atoms with Crippen LogP contribution < -0.4 is 5.73 Å². The first-order valence-corrected chi connectivity index (χ1v) is 5.96. The molecular formula is C12H20N4. The zero-order valence-electron chi connectivity index (χ0n) is 10.3. The molecule has 0 radical (unpaired) electrons. The molecule has 0 unspecified atom stereocenters. The number of rotatable bonds is 5. The number of aryl methyl sites for hydroxylation is 1. The Labute approximate surface area is 97.1 Å². The van der Waals surface area contributed by atoms with E-state index in [2.05, 4.69) is 31.9 Å². The van der Waals surface area contributed by atoms with Crippen molar-refractivity contribution in [1.29, 1.82) is 5.26 Å². The minimum Gasteiger partial charge on any atom is -0.383 e. The molecule has 0 bridgehead atoms. The van der Waals surface area contributed by atoms with Crippen molar-refractivity contribution in [2.75, 3.05) is 5.73 Å². The number of anilines is 1. The third-order valence-corrected chi connectivity index (χ3v) is 2.91. The predicted molar refractivity (Wildman–Crippen MR) is 65.0 cm³/mol. The number of nitriles is 1. The van der Waals surface area contributed by atoms with Gasteiger partial charge in [-0.25, -0.2) is 4.68 Å². The van der Waals surface area contributed by atoms with Gasteiger partial charge in [-0.3, -0.25) is 0 Å². The summed E-state index contributed by atoms with van der Waals surface area (Å²) in [5.41, 5.74) is 7.38. The van der Waals surface area contributed by atoms with E-state index in [1.54, 1.807) is 0 Å². The summed E-state index contributed by atoms with van der Waals surface area (Å²) in [6.45, 7) is 6.30. The van der Waals surface area contributed by atoms with Crippen molar-refractivity contribution in [1.82, 2.24) is 9.78 Å².